The third kappa shape index (κ3) is 4.56. The Bertz CT molecular complexity index is 970. The van der Waals surface area contributed by atoms with Crippen LogP contribution in [0.1, 0.15) is 33.7 Å². The third-order valence-corrected chi connectivity index (χ3v) is 5.47. The lowest BCUT2D eigenvalue weighted by Gasteiger charge is -2.23. The molecule has 4 rings (SSSR count). The highest BCUT2D eigenvalue weighted by atomic mass is 14.5. The summed E-state index contributed by atoms with van der Waals surface area (Å²) in [5.74, 6) is 1.47. The molecule has 2 heteroatoms. The van der Waals surface area contributed by atoms with E-state index in [4.69, 9.17) is 11.5 Å². The van der Waals surface area contributed by atoms with Gasteiger partial charge in [0.05, 0.1) is 0 Å². The fraction of sp³-hybridized carbons (Fsp3) is 0.148. The van der Waals surface area contributed by atoms with Crippen LogP contribution in [0.25, 0.3) is 0 Å². The lowest BCUT2D eigenvalue weighted by Crippen LogP contribution is -2.10. The van der Waals surface area contributed by atoms with Crippen LogP contribution in [0.15, 0.2) is 103 Å². The average Bonchev–Trinajstić information content (AvgIpc) is 3.22. The third-order valence-electron chi connectivity index (χ3n) is 5.47. The van der Waals surface area contributed by atoms with Gasteiger partial charge in [0.25, 0.3) is 0 Å². The van der Waals surface area contributed by atoms with Crippen molar-refractivity contribution < 1.29 is 0 Å². The molecule has 0 saturated heterocycles. The molecule has 0 heterocycles. The highest BCUT2D eigenvalue weighted by molar-refractivity contribution is 5.53. The van der Waals surface area contributed by atoms with E-state index in [9.17, 15) is 0 Å². The largest absolute Gasteiger partial charge is 0.326 e. The molecule has 0 fully saturated rings. The maximum atomic E-state index is 5.92. The Kier molecular flexibility index (Phi) is 6.04. The Hall–Kier alpha value is -2.94. The number of hydrogen-bond acceptors (Lipinski definition) is 2. The highest BCUT2D eigenvalue weighted by Crippen LogP contribution is 2.39. The zero-order valence-corrected chi connectivity index (χ0v) is 16.6. The molecule has 0 aliphatic heterocycles. The molecular formula is C27H27N2. The zero-order chi connectivity index (χ0) is 20.1. The van der Waals surface area contributed by atoms with E-state index in [0.29, 0.717) is 13.1 Å². The maximum absolute atomic E-state index is 5.92. The molecule has 0 unspecified atom stereocenters. The molecule has 3 aromatic rings. The Balaban J connectivity index is 1.69. The van der Waals surface area contributed by atoms with Crippen LogP contribution in [0.5, 0.6) is 0 Å². The molecule has 145 valence electrons. The SMILES string of the molecule is NCc1cccc(C([C]2C=CC(Cc3ccccc3)=C2)c2cccc(CN)c2)c1. The Labute approximate surface area is 173 Å². The predicted molar refractivity (Wildman–Crippen MR) is 121 cm³/mol. The average molecular weight is 380 g/mol. The van der Waals surface area contributed by atoms with Crippen LogP contribution < -0.4 is 11.5 Å². The van der Waals surface area contributed by atoms with Crippen LogP contribution in [-0.2, 0) is 19.5 Å². The van der Waals surface area contributed by atoms with Gasteiger partial charge in [0, 0.05) is 24.9 Å². The van der Waals surface area contributed by atoms with Crippen molar-refractivity contribution in [1.29, 1.82) is 0 Å². The first-order chi connectivity index (χ1) is 14.3. The van der Waals surface area contributed by atoms with E-state index in [0.717, 1.165) is 17.5 Å². The first kappa shape index (κ1) is 19.4. The van der Waals surface area contributed by atoms with E-state index >= 15 is 0 Å². The molecule has 4 N–H and O–H groups in total. The van der Waals surface area contributed by atoms with Gasteiger partial charge >= 0.3 is 0 Å². The van der Waals surface area contributed by atoms with Crippen molar-refractivity contribution in [3.63, 3.8) is 0 Å². The number of nitrogens with two attached hydrogens (primary N) is 2. The van der Waals surface area contributed by atoms with Crippen molar-refractivity contribution >= 4 is 0 Å². The van der Waals surface area contributed by atoms with Gasteiger partial charge < -0.3 is 11.5 Å². The molecule has 0 bridgehead atoms. The monoisotopic (exact) mass is 379 g/mol. The van der Waals surface area contributed by atoms with Crippen LogP contribution >= 0.6 is 0 Å². The van der Waals surface area contributed by atoms with E-state index in [1.165, 1.54) is 28.2 Å². The molecule has 1 aliphatic rings. The first-order valence-electron chi connectivity index (χ1n) is 10.1. The molecule has 29 heavy (non-hydrogen) atoms. The summed E-state index contributed by atoms with van der Waals surface area (Å²) in [6.45, 7) is 1.09. The van der Waals surface area contributed by atoms with Gasteiger partial charge in [-0.3, -0.25) is 0 Å². The van der Waals surface area contributed by atoms with E-state index in [1.54, 1.807) is 0 Å². The van der Waals surface area contributed by atoms with Gasteiger partial charge in [-0.05, 0) is 39.8 Å². The summed E-state index contributed by atoms with van der Waals surface area (Å²) in [5.41, 5.74) is 19.3. The highest BCUT2D eigenvalue weighted by Gasteiger charge is 2.25. The second-order valence-electron chi connectivity index (χ2n) is 7.55. The van der Waals surface area contributed by atoms with Crippen LogP contribution in [0.3, 0.4) is 0 Å². The minimum absolute atomic E-state index is 0.164. The molecule has 0 spiro atoms. The molecular weight excluding hydrogens is 352 g/mol. The zero-order valence-electron chi connectivity index (χ0n) is 16.6. The fourth-order valence-electron chi connectivity index (χ4n) is 4.01. The van der Waals surface area contributed by atoms with E-state index in [2.05, 4.69) is 97.1 Å². The van der Waals surface area contributed by atoms with Crippen molar-refractivity contribution in [2.24, 2.45) is 11.5 Å². The van der Waals surface area contributed by atoms with Gasteiger partial charge in [-0.15, -0.1) is 0 Å². The van der Waals surface area contributed by atoms with E-state index < -0.39 is 0 Å². The molecule has 0 saturated carbocycles. The smallest absolute Gasteiger partial charge is 0.0315 e. The molecule has 1 radical (unpaired) electrons. The van der Waals surface area contributed by atoms with Crippen molar-refractivity contribution in [2.45, 2.75) is 25.4 Å². The number of allylic oxidation sites excluding steroid dienone is 4. The number of rotatable bonds is 7. The summed E-state index contributed by atoms with van der Waals surface area (Å²) in [5, 5.41) is 0. The van der Waals surface area contributed by atoms with Crippen molar-refractivity contribution in [3.05, 3.63) is 136 Å². The lowest BCUT2D eigenvalue weighted by molar-refractivity contribution is 0.894. The molecule has 1 aliphatic carbocycles. The van der Waals surface area contributed by atoms with Crippen molar-refractivity contribution in [1.82, 2.24) is 0 Å². The van der Waals surface area contributed by atoms with Crippen molar-refractivity contribution in [2.75, 3.05) is 0 Å². The standard InChI is InChI=1S/C27H27N2/c28-18-22-8-4-10-24(16-22)27(25-11-5-9-23(17-25)19-29)26-13-12-21(15-26)14-20-6-2-1-3-7-20/h1-13,15-17,27H,14,18-19,28-29H2. The van der Waals surface area contributed by atoms with Gasteiger partial charge in [-0.2, -0.15) is 0 Å². The molecule has 3 aromatic carbocycles. The Morgan fingerprint density at radius 3 is 1.79 bits per heavy atom. The van der Waals surface area contributed by atoms with E-state index in [-0.39, 0.29) is 5.92 Å². The lowest BCUT2D eigenvalue weighted by atomic mass is 9.80. The molecule has 0 atom stereocenters. The Morgan fingerprint density at radius 2 is 1.21 bits per heavy atom. The van der Waals surface area contributed by atoms with Gasteiger partial charge in [0.2, 0.25) is 0 Å². The summed E-state index contributed by atoms with van der Waals surface area (Å²) < 4.78 is 0. The second-order valence-corrected chi connectivity index (χ2v) is 7.55. The molecule has 2 nitrogen and oxygen atoms in total. The van der Waals surface area contributed by atoms with E-state index in [1.807, 2.05) is 0 Å². The first-order valence-corrected chi connectivity index (χ1v) is 10.1. The fourth-order valence-corrected chi connectivity index (χ4v) is 4.01. The summed E-state index contributed by atoms with van der Waals surface area (Å²) in [4.78, 5) is 0. The quantitative estimate of drug-likeness (QED) is 0.603. The van der Waals surface area contributed by atoms with Crippen LogP contribution in [-0.4, -0.2) is 0 Å². The van der Waals surface area contributed by atoms with Gasteiger partial charge in [0.15, 0.2) is 0 Å². The number of benzene rings is 3. The minimum Gasteiger partial charge on any atom is -0.326 e. The molecule has 0 aromatic heterocycles. The summed E-state index contributed by atoms with van der Waals surface area (Å²) in [6, 6.07) is 27.8. The molecule has 0 amide bonds. The number of hydrogen-bond donors (Lipinski definition) is 2. The van der Waals surface area contributed by atoms with Crippen LogP contribution in [0.4, 0.5) is 0 Å². The minimum atomic E-state index is 0.164. The summed E-state index contributed by atoms with van der Waals surface area (Å²) in [7, 11) is 0. The van der Waals surface area contributed by atoms with Gasteiger partial charge in [-0.1, -0.05) is 97.1 Å². The van der Waals surface area contributed by atoms with Gasteiger partial charge in [-0.25, -0.2) is 0 Å². The van der Waals surface area contributed by atoms with Crippen LogP contribution in [0, 0.1) is 5.92 Å². The summed E-state index contributed by atoms with van der Waals surface area (Å²) >= 11 is 0. The Morgan fingerprint density at radius 1 is 0.621 bits per heavy atom. The topological polar surface area (TPSA) is 52.0 Å². The normalized spacial score (nSPS) is 13.8. The maximum Gasteiger partial charge on any atom is 0.0315 e. The van der Waals surface area contributed by atoms with Crippen molar-refractivity contribution in [3.8, 4) is 0 Å². The van der Waals surface area contributed by atoms with Gasteiger partial charge in [0.1, 0.15) is 0 Å². The van der Waals surface area contributed by atoms with Crippen LogP contribution in [0.2, 0.25) is 0 Å². The summed E-state index contributed by atoms with van der Waals surface area (Å²) in [6.07, 6.45) is 7.78. The predicted octanol–water partition coefficient (Wildman–Crippen LogP) is 5.05. The second kappa shape index (κ2) is 9.04.